The maximum atomic E-state index is 11.1. The Morgan fingerprint density at radius 3 is 2.15 bits per heavy atom. The zero-order chi connectivity index (χ0) is 9.90. The first kappa shape index (κ1) is 11.4. The van der Waals surface area contributed by atoms with E-state index in [1.807, 2.05) is 0 Å². The highest BCUT2D eigenvalue weighted by Crippen LogP contribution is 2.28. The van der Waals surface area contributed by atoms with Gasteiger partial charge in [0.1, 0.15) is 0 Å². The van der Waals surface area contributed by atoms with Crippen molar-refractivity contribution < 1.29 is 9.63 Å². The minimum atomic E-state index is -1.97. The Kier molecular flexibility index (Phi) is 4.10. The fourth-order valence-corrected chi connectivity index (χ4v) is 1.23. The maximum absolute atomic E-state index is 11.1. The summed E-state index contributed by atoms with van der Waals surface area (Å²) in [6.45, 7) is 1.43. The first-order chi connectivity index (χ1) is 6.00. The fourth-order valence-electron chi connectivity index (χ4n) is 1.13. The Bertz CT molecular complexity index is 187. The number of hydrogen-bond donors (Lipinski definition) is 0. The number of hydroxylamine groups is 2. The van der Waals surface area contributed by atoms with E-state index in [1.165, 1.54) is 5.06 Å². The van der Waals surface area contributed by atoms with Crippen LogP contribution in [0.5, 0.6) is 0 Å². The summed E-state index contributed by atoms with van der Waals surface area (Å²) in [6.07, 6.45) is 3.17. The van der Waals surface area contributed by atoms with Crippen molar-refractivity contribution in [1.29, 1.82) is 0 Å². The number of halogens is 3. The van der Waals surface area contributed by atoms with E-state index in [4.69, 9.17) is 39.6 Å². The highest BCUT2D eigenvalue weighted by molar-refractivity contribution is 6.75. The van der Waals surface area contributed by atoms with Gasteiger partial charge >= 0.3 is 5.97 Å². The summed E-state index contributed by atoms with van der Waals surface area (Å²) in [5.74, 6) is -0.834. The summed E-state index contributed by atoms with van der Waals surface area (Å²) >= 11 is 16.0. The van der Waals surface area contributed by atoms with E-state index in [1.54, 1.807) is 0 Å². The molecule has 1 rings (SSSR count). The third kappa shape index (κ3) is 3.90. The van der Waals surface area contributed by atoms with Crippen molar-refractivity contribution in [2.75, 3.05) is 13.1 Å². The molecule has 1 fully saturated rings. The van der Waals surface area contributed by atoms with Crippen LogP contribution in [0, 0.1) is 0 Å². The highest BCUT2D eigenvalue weighted by Gasteiger charge is 2.34. The number of nitrogens with zero attached hydrogens (tertiary/aromatic N) is 1. The van der Waals surface area contributed by atoms with Crippen LogP contribution in [0.4, 0.5) is 0 Å². The van der Waals surface area contributed by atoms with Crippen LogP contribution in [-0.2, 0) is 9.63 Å². The zero-order valence-corrected chi connectivity index (χ0v) is 9.20. The van der Waals surface area contributed by atoms with Crippen LogP contribution in [0.3, 0.4) is 0 Å². The van der Waals surface area contributed by atoms with Gasteiger partial charge in [0.15, 0.2) is 0 Å². The molecule has 1 heterocycles. The lowest BCUT2D eigenvalue weighted by molar-refractivity contribution is -0.193. The Labute approximate surface area is 91.8 Å². The van der Waals surface area contributed by atoms with E-state index < -0.39 is 9.76 Å². The predicted molar refractivity (Wildman–Crippen MR) is 51.8 cm³/mol. The number of hydrogen-bond acceptors (Lipinski definition) is 3. The number of piperidine rings is 1. The summed E-state index contributed by atoms with van der Waals surface area (Å²) < 4.78 is -1.97. The van der Waals surface area contributed by atoms with E-state index in [0.29, 0.717) is 13.1 Å². The summed E-state index contributed by atoms with van der Waals surface area (Å²) in [7, 11) is 0. The van der Waals surface area contributed by atoms with Crippen molar-refractivity contribution in [3.05, 3.63) is 0 Å². The van der Waals surface area contributed by atoms with Crippen molar-refractivity contribution in [3.63, 3.8) is 0 Å². The molecule has 0 atom stereocenters. The zero-order valence-electron chi connectivity index (χ0n) is 6.93. The SMILES string of the molecule is O=C(ON1CCCCC1)C(Cl)(Cl)Cl. The van der Waals surface area contributed by atoms with Gasteiger partial charge in [-0.2, -0.15) is 0 Å². The van der Waals surface area contributed by atoms with Gasteiger partial charge in [0.05, 0.1) is 0 Å². The first-order valence-electron chi connectivity index (χ1n) is 4.04. The first-order valence-corrected chi connectivity index (χ1v) is 5.17. The van der Waals surface area contributed by atoms with Gasteiger partial charge in [-0.3, -0.25) is 0 Å². The molecule has 0 spiro atoms. The lowest BCUT2D eigenvalue weighted by atomic mass is 10.2. The molecule has 0 aromatic heterocycles. The van der Waals surface area contributed by atoms with Crippen molar-refractivity contribution >= 4 is 40.8 Å². The van der Waals surface area contributed by atoms with Crippen LogP contribution in [0.15, 0.2) is 0 Å². The third-order valence-electron chi connectivity index (χ3n) is 1.76. The monoisotopic (exact) mass is 245 g/mol. The van der Waals surface area contributed by atoms with Crippen molar-refractivity contribution in [3.8, 4) is 0 Å². The summed E-state index contributed by atoms with van der Waals surface area (Å²) in [5, 5.41) is 1.54. The fraction of sp³-hybridized carbons (Fsp3) is 0.857. The van der Waals surface area contributed by atoms with Gasteiger partial charge in [-0.05, 0) is 12.8 Å². The molecule has 1 aliphatic heterocycles. The highest BCUT2D eigenvalue weighted by atomic mass is 35.6. The second kappa shape index (κ2) is 4.69. The standard InChI is InChI=1S/C7H10Cl3NO2/c8-7(9,10)6(12)13-11-4-2-1-3-5-11/h1-5H2. The van der Waals surface area contributed by atoms with Gasteiger partial charge < -0.3 is 4.84 Å². The molecule has 1 aliphatic rings. The lowest BCUT2D eigenvalue weighted by Crippen LogP contribution is -2.36. The van der Waals surface area contributed by atoms with Crippen LogP contribution in [0.25, 0.3) is 0 Å². The Balaban J connectivity index is 2.35. The minimum absolute atomic E-state index is 0.715. The van der Waals surface area contributed by atoms with E-state index in [-0.39, 0.29) is 0 Å². The maximum Gasteiger partial charge on any atom is 0.377 e. The van der Waals surface area contributed by atoms with Gasteiger partial charge in [0.2, 0.25) is 0 Å². The average molecular weight is 247 g/mol. The number of alkyl halides is 3. The van der Waals surface area contributed by atoms with Gasteiger partial charge in [0.25, 0.3) is 3.79 Å². The smallest absolute Gasteiger partial charge is 0.364 e. The quantitative estimate of drug-likeness (QED) is 0.665. The molecule has 0 N–H and O–H groups in total. The molecule has 0 saturated carbocycles. The average Bonchev–Trinajstić information content (AvgIpc) is 2.04. The topological polar surface area (TPSA) is 29.5 Å². The summed E-state index contributed by atoms with van der Waals surface area (Å²) in [5.41, 5.74) is 0. The number of carbonyl (C=O) groups is 1. The Morgan fingerprint density at radius 1 is 1.15 bits per heavy atom. The summed E-state index contributed by atoms with van der Waals surface area (Å²) in [6, 6.07) is 0. The Hall–Kier alpha value is 0.300. The summed E-state index contributed by atoms with van der Waals surface area (Å²) in [4.78, 5) is 15.9. The predicted octanol–water partition coefficient (Wildman–Crippen LogP) is 2.30. The van der Waals surface area contributed by atoms with E-state index in [0.717, 1.165) is 19.3 Å². The molecule has 76 valence electrons. The van der Waals surface area contributed by atoms with Crippen LogP contribution >= 0.6 is 34.8 Å². The molecule has 0 amide bonds. The largest absolute Gasteiger partial charge is 0.377 e. The van der Waals surface area contributed by atoms with Crippen molar-refractivity contribution in [2.45, 2.75) is 23.1 Å². The van der Waals surface area contributed by atoms with Gasteiger partial charge in [-0.15, -0.1) is 5.06 Å². The second-order valence-corrected chi connectivity index (χ2v) is 5.15. The molecular formula is C7H10Cl3NO2. The lowest BCUT2D eigenvalue weighted by Gasteiger charge is -2.25. The molecule has 0 radical (unpaired) electrons. The van der Waals surface area contributed by atoms with Gasteiger partial charge in [-0.25, -0.2) is 4.79 Å². The molecule has 1 saturated heterocycles. The molecule has 0 bridgehead atoms. The minimum Gasteiger partial charge on any atom is -0.364 e. The van der Waals surface area contributed by atoms with Crippen LogP contribution in [0.2, 0.25) is 0 Å². The van der Waals surface area contributed by atoms with E-state index in [9.17, 15) is 4.79 Å². The molecule has 0 aliphatic carbocycles. The number of rotatable bonds is 1. The molecular weight excluding hydrogens is 236 g/mol. The molecule has 6 heteroatoms. The van der Waals surface area contributed by atoms with Crippen molar-refractivity contribution in [1.82, 2.24) is 5.06 Å². The van der Waals surface area contributed by atoms with Crippen LogP contribution in [-0.4, -0.2) is 27.9 Å². The third-order valence-corrected chi connectivity index (χ3v) is 2.22. The molecule has 0 aromatic carbocycles. The van der Waals surface area contributed by atoms with Crippen molar-refractivity contribution in [2.24, 2.45) is 0 Å². The Morgan fingerprint density at radius 2 is 1.69 bits per heavy atom. The molecule has 0 aromatic rings. The molecule has 0 unspecified atom stereocenters. The molecule has 13 heavy (non-hydrogen) atoms. The van der Waals surface area contributed by atoms with Crippen LogP contribution < -0.4 is 0 Å². The van der Waals surface area contributed by atoms with Gasteiger partial charge in [-0.1, -0.05) is 41.2 Å². The normalized spacial score (nSPS) is 19.9. The van der Waals surface area contributed by atoms with Gasteiger partial charge in [0, 0.05) is 13.1 Å². The number of carbonyl (C=O) groups excluding carboxylic acids is 1. The van der Waals surface area contributed by atoms with Crippen LogP contribution in [0.1, 0.15) is 19.3 Å². The van der Waals surface area contributed by atoms with E-state index >= 15 is 0 Å². The second-order valence-electron chi connectivity index (χ2n) is 2.87. The van der Waals surface area contributed by atoms with E-state index in [2.05, 4.69) is 0 Å². The molecule has 3 nitrogen and oxygen atoms in total.